The predicted molar refractivity (Wildman–Crippen MR) is 130 cm³/mol. The van der Waals surface area contributed by atoms with E-state index in [1.54, 1.807) is 11.3 Å². The summed E-state index contributed by atoms with van der Waals surface area (Å²) in [6, 6.07) is -0.105. The summed E-state index contributed by atoms with van der Waals surface area (Å²) in [4.78, 5) is 18.1. The number of pyridine rings is 1. The highest BCUT2D eigenvalue weighted by Gasteiger charge is 2.33. The van der Waals surface area contributed by atoms with Gasteiger partial charge in [-0.25, -0.2) is 15.0 Å². The number of thioether (sulfide) groups is 1. The van der Waals surface area contributed by atoms with Gasteiger partial charge in [-0.1, -0.05) is 11.8 Å². The molecule has 0 saturated carbocycles. The number of morpholine rings is 1. The van der Waals surface area contributed by atoms with Crippen molar-refractivity contribution in [2.75, 3.05) is 49.4 Å². The molecule has 32 heavy (non-hydrogen) atoms. The summed E-state index contributed by atoms with van der Waals surface area (Å²) < 4.78 is 12.8. The van der Waals surface area contributed by atoms with Crippen molar-refractivity contribution in [2.24, 2.45) is 0 Å². The van der Waals surface area contributed by atoms with Crippen LogP contribution in [0.25, 0.3) is 20.4 Å². The molecule has 0 amide bonds. The van der Waals surface area contributed by atoms with Gasteiger partial charge in [0.25, 0.3) is 0 Å². The summed E-state index contributed by atoms with van der Waals surface area (Å²) in [5.74, 6) is 1.77. The van der Waals surface area contributed by atoms with Gasteiger partial charge in [0.2, 0.25) is 0 Å². The molecular weight excluding hydrogens is 446 g/mol. The van der Waals surface area contributed by atoms with E-state index in [2.05, 4.69) is 24.1 Å². The molecule has 8 nitrogen and oxygen atoms in total. The van der Waals surface area contributed by atoms with Crippen molar-refractivity contribution < 1.29 is 14.6 Å². The molecular formula is C22H29N5O3S2. The van der Waals surface area contributed by atoms with Crippen LogP contribution in [0.5, 0.6) is 0 Å². The molecule has 5 heterocycles. The number of rotatable bonds is 5. The van der Waals surface area contributed by atoms with E-state index < -0.39 is 0 Å². The third kappa shape index (κ3) is 3.92. The molecule has 172 valence electrons. The predicted octanol–water partition coefficient (Wildman–Crippen LogP) is 3.44. The molecule has 0 radical (unpaired) electrons. The van der Waals surface area contributed by atoms with E-state index in [0.717, 1.165) is 51.6 Å². The van der Waals surface area contributed by atoms with Crippen LogP contribution in [0, 0.1) is 0 Å². The van der Waals surface area contributed by atoms with Crippen molar-refractivity contribution in [1.29, 1.82) is 0 Å². The van der Waals surface area contributed by atoms with Gasteiger partial charge in [0.15, 0.2) is 5.16 Å². The van der Waals surface area contributed by atoms with Gasteiger partial charge in [0.1, 0.15) is 16.5 Å². The molecule has 1 fully saturated rings. The number of aliphatic hydroxyl groups is 1. The Bertz CT molecular complexity index is 1160. The Hall–Kier alpha value is -1.72. The molecule has 3 aromatic heterocycles. The summed E-state index contributed by atoms with van der Waals surface area (Å²) >= 11 is 3.14. The fourth-order valence-corrected chi connectivity index (χ4v) is 5.80. The largest absolute Gasteiger partial charge is 0.394 e. The Morgan fingerprint density at radius 2 is 2.00 bits per heavy atom. The zero-order chi connectivity index (χ0) is 22.5. The summed E-state index contributed by atoms with van der Waals surface area (Å²) in [6.07, 6.45) is 2.79. The summed E-state index contributed by atoms with van der Waals surface area (Å²) in [5, 5.41) is 14.8. The minimum atomic E-state index is -0.250. The minimum Gasteiger partial charge on any atom is -0.394 e. The molecule has 5 rings (SSSR count). The van der Waals surface area contributed by atoms with E-state index in [1.807, 2.05) is 13.2 Å². The van der Waals surface area contributed by atoms with Crippen molar-refractivity contribution >= 4 is 55.2 Å². The SMILES string of the molecule is CSc1nc(N[C@H](C)CO)c2sc3nc(N4CCOCC4)c4c(c3c2n1)CC(C)(C)OC4. The molecule has 3 aromatic rings. The second-order valence-corrected chi connectivity index (χ2v) is 10.7. The van der Waals surface area contributed by atoms with Crippen LogP contribution in [0.15, 0.2) is 5.16 Å². The lowest BCUT2D eigenvalue weighted by atomic mass is 9.90. The molecule has 0 aliphatic carbocycles. The van der Waals surface area contributed by atoms with E-state index in [1.165, 1.54) is 22.9 Å². The number of hydrogen-bond acceptors (Lipinski definition) is 10. The standard InChI is InChI=1S/C22H29N5O3S2/c1-12(10-28)23-18-17-16(24-21(25-18)31-4)15-13-9-22(2,3)30-11-14(13)19(26-20(15)32-17)27-5-7-29-8-6-27/h12,28H,5-11H2,1-4H3,(H,23,24,25)/t12-/m1/s1. The molecule has 2 aliphatic rings. The molecule has 0 aromatic carbocycles. The normalized spacial score (nSPS) is 19.3. The molecule has 0 bridgehead atoms. The van der Waals surface area contributed by atoms with E-state index in [0.29, 0.717) is 25.0 Å². The Kier molecular flexibility index (Phi) is 5.91. The van der Waals surface area contributed by atoms with Crippen molar-refractivity contribution in [3.05, 3.63) is 11.1 Å². The first kappa shape index (κ1) is 22.1. The molecule has 2 aliphatic heterocycles. The third-order valence-corrected chi connectivity index (χ3v) is 7.63. The lowest BCUT2D eigenvalue weighted by molar-refractivity contribution is -0.0396. The van der Waals surface area contributed by atoms with Gasteiger partial charge in [0, 0.05) is 36.5 Å². The van der Waals surface area contributed by atoms with Crippen LogP contribution in [-0.2, 0) is 22.5 Å². The van der Waals surface area contributed by atoms with Gasteiger partial charge in [0.05, 0.1) is 42.2 Å². The third-order valence-electron chi connectivity index (χ3n) is 6.00. The maximum Gasteiger partial charge on any atom is 0.189 e. The Morgan fingerprint density at radius 3 is 2.72 bits per heavy atom. The monoisotopic (exact) mass is 475 g/mol. The summed E-state index contributed by atoms with van der Waals surface area (Å²) in [7, 11) is 0. The minimum absolute atomic E-state index is 0.0331. The quantitative estimate of drug-likeness (QED) is 0.425. The van der Waals surface area contributed by atoms with Crippen LogP contribution in [0.3, 0.4) is 0 Å². The highest BCUT2D eigenvalue weighted by Crippen LogP contribution is 2.44. The smallest absolute Gasteiger partial charge is 0.189 e. The Labute approximate surface area is 195 Å². The summed E-state index contributed by atoms with van der Waals surface area (Å²) in [6.45, 7) is 9.88. The Morgan fingerprint density at radius 1 is 1.22 bits per heavy atom. The molecule has 0 unspecified atom stereocenters. The maximum absolute atomic E-state index is 9.58. The lowest BCUT2D eigenvalue weighted by Crippen LogP contribution is -2.39. The number of thiophene rings is 1. The van der Waals surface area contributed by atoms with Gasteiger partial charge >= 0.3 is 0 Å². The van der Waals surface area contributed by atoms with Crippen molar-refractivity contribution in [2.45, 2.75) is 50.6 Å². The van der Waals surface area contributed by atoms with E-state index in [4.69, 9.17) is 24.4 Å². The average Bonchev–Trinajstić information content (AvgIpc) is 3.17. The van der Waals surface area contributed by atoms with Crippen LogP contribution < -0.4 is 10.2 Å². The van der Waals surface area contributed by atoms with Crippen LogP contribution in [-0.4, -0.2) is 70.9 Å². The number of aromatic nitrogens is 3. The molecule has 10 heteroatoms. The average molecular weight is 476 g/mol. The first-order valence-corrected chi connectivity index (χ1v) is 13.0. The molecule has 1 atom stereocenters. The van der Waals surface area contributed by atoms with Crippen molar-refractivity contribution in [3.8, 4) is 0 Å². The van der Waals surface area contributed by atoms with Gasteiger partial charge in [-0.2, -0.15) is 0 Å². The van der Waals surface area contributed by atoms with Crippen LogP contribution in [0.2, 0.25) is 0 Å². The number of hydrogen-bond donors (Lipinski definition) is 2. The van der Waals surface area contributed by atoms with Crippen LogP contribution in [0.4, 0.5) is 11.6 Å². The number of fused-ring (bicyclic) bond motifs is 5. The zero-order valence-corrected chi connectivity index (χ0v) is 20.5. The van der Waals surface area contributed by atoms with Gasteiger partial charge < -0.3 is 24.8 Å². The highest BCUT2D eigenvalue weighted by molar-refractivity contribution is 7.98. The van der Waals surface area contributed by atoms with E-state index in [9.17, 15) is 5.11 Å². The topological polar surface area (TPSA) is 92.6 Å². The van der Waals surface area contributed by atoms with E-state index >= 15 is 0 Å². The number of nitrogens with one attached hydrogen (secondary N) is 1. The second kappa shape index (κ2) is 8.57. The molecule has 0 spiro atoms. The Balaban J connectivity index is 1.78. The first-order chi connectivity index (χ1) is 15.4. The van der Waals surface area contributed by atoms with Gasteiger partial charge in [-0.05, 0) is 32.6 Å². The van der Waals surface area contributed by atoms with Crippen molar-refractivity contribution in [3.63, 3.8) is 0 Å². The number of nitrogens with zero attached hydrogens (tertiary/aromatic N) is 4. The molecule has 2 N–H and O–H groups in total. The summed E-state index contributed by atoms with van der Waals surface area (Å²) in [5.41, 5.74) is 3.14. The maximum atomic E-state index is 9.58. The van der Waals surface area contributed by atoms with Crippen LogP contribution in [0.1, 0.15) is 31.9 Å². The number of ether oxygens (including phenoxy) is 2. The fourth-order valence-electron chi connectivity index (χ4n) is 4.34. The fraction of sp³-hybridized carbons (Fsp3) is 0.591. The van der Waals surface area contributed by atoms with E-state index in [-0.39, 0.29) is 18.2 Å². The van der Waals surface area contributed by atoms with Gasteiger partial charge in [-0.3, -0.25) is 0 Å². The van der Waals surface area contributed by atoms with Gasteiger partial charge in [-0.15, -0.1) is 11.3 Å². The van der Waals surface area contributed by atoms with Crippen LogP contribution >= 0.6 is 23.1 Å². The van der Waals surface area contributed by atoms with Crippen molar-refractivity contribution in [1.82, 2.24) is 15.0 Å². The number of aliphatic hydroxyl groups excluding tert-OH is 1. The first-order valence-electron chi connectivity index (χ1n) is 10.9. The second-order valence-electron chi connectivity index (χ2n) is 8.96. The molecule has 1 saturated heterocycles. The zero-order valence-electron chi connectivity index (χ0n) is 18.9. The number of anilines is 2. The lowest BCUT2D eigenvalue weighted by Gasteiger charge is -2.36. The highest BCUT2D eigenvalue weighted by atomic mass is 32.2.